The second-order valence-electron chi connectivity index (χ2n) is 5.80. The third-order valence-electron chi connectivity index (χ3n) is 4.08. The largest absolute Gasteiger partial charge is 0.451 e. The van der Waals surface area contributed by atoms with Gasteiger partial charge in [-0.25, -0.2) is 0 Å². The summed E-state index contributed by atoms with van der Waals surface area (Å²) in [7, 11) is 0. The van der Waals surface area contributed by atoms with Crippen molar-refractivity contribution >= 4 is 23.2 Å². The molecule has 138 valence electrons. The van der Waals surface area contributed by atoms with Crippen molar-refractivity contribution in [1.29, 1.82) is 0 Å². The average molecular weight is 380 g/mol. The van der Waals surface area contributed by atoms with Crippen molar-refractivity contribution in [2.45, 2.75) is 0 Å². The number of carbonyl (C=O) groups is 1. The second kappa shape index (κ2) is 8.31. The van der Waals surface area contributed by atoms with E-state index in [0.29, 0.717) is 31.1 Å². The van der Waals surface area contributed by atoms with Crippen LogP contribution >= 0.6 is 11.6 Å². The average Bonchev–Trinajstić information content (AvgIpc) is 3.12. The van der Waals surface area contributed by atoms with Crippen LogP contribution in [0.2, 0.25) is 5.02 Å². The van der Waals surface area contributed by atoms with Crippen LogP contribution in [0.1, 0.15) is 10.6 Å². The van der Waals surface area contributed by atoms with Gasteiger partial charge in [0.1, 0.15) is 5.76 Å². The molecule has 9 heteroatoms. The van der Waals surface area contributed by atoms with Crippen molar-refractivity contribution in [2.75, 3.05) is 39.4 Å². The van der Waals surface area contributed by atoms with E-state index in [-0.39, 0.29) is 22.4 Å². The van der Waals surface area contributed by atoms with Crippen LogP contribution in [-0.4, -0.2) is 55.1 Å². The third kappa shape index (κ3) is 4.40. The molecule has 0 bridgehead atoms. The number of nitrogens with one attached hydrogen (secondary N) is 1. The molecule has 0 atom stereocenters. The number of rotatable bonds is 6. The van der Waals surface area contributed by atoms with Crippen molar-refractivity contribution < 1.29 is 18.9 Å². The molecular weight excluding hydrogens is 362 g/mol. The number of nitro benzene ring substituents is 1. The summed E-state index contributed by atoms with van der Waals surface area (Å²) in [5.74, 6) is 0.224. The lowest BCUT2D eigenvalue weighted by Crippen LogP contribution is -2.41. The van der Waals surface area contributed by atoms with Crippen LogP contribution in [-0.2, 0) is 4.74 Å². The summed E-state index contributed by atoms with van der Waals surface area (Å²) in [6.45, 7) is 4.40. The Hall–Kier alpha value is -2.42. The van der Waals surface area contributed by atoms with Crippen molar-refractivity contribution in [3.05, 3.63) is 51.2 Å². The van der Waals surface area contributed by atoms with Gasteiger partial charge in [-0.1, -0.05) is 11.6 Å². The molecular formula is C17H18ClN3O5. The molecule has 1 aliphatic heterocycles. The molecule has 1 aromatic heterocycles. The molecule has 0 unspecified atom stereocenters. The van der Waals surface area contributed by atoms with E-state index >= 15 is 0 Å². The van der Waals surface area contributed by atoms with Crippen LogP contribution < -0.4 is 5.32 Å². The predicted molar refractivity (Wildman–Crippen MR) is 95.4 cm³/mol. The van der Waals surface area contributed by atoms with Gasteiger partial charge in [0.15, 0.2) is 5.76 Å². The molecule has 0 aliphatic carbocycles. The topological polar surface area (TPSA) is 97.9 Å². The standard InChI is InChI=1S/C17H18ClN3O5/c18-14-11-12(21(23)24)1-2-13(14)15-3-4-16(26-15)17(22)19-5-6-20-7-9-25-10-8-20/h1-4,11H,5-10H2,(H,19,22). The van der Waals surface area contributed by atoms with Crippen LogP contribution in [0, 0.1) is 10.1 Å². The zero-order valence-corrected chi connectivity index (χ0v) is 14.7. The first kappa shape index (κ1) is 18.4. The Morgan fingerprint density at radius 2 is 2.04 bits per heavy atom. The van der Waals surface area contributed by atoms with E-state index in [1.807, 2.05) is 0 Å². The van der Waals surface area contributed by atoms with E-state index in [1.165, 1.54) is 18.2 Å². The molecule has 1 fully saturated rings. The molecule has 2 heterocycles. The molecule has 0 saturated carbocycles. The van der Waals surface area contributed by atoms with Crippen LogP contribution in [0.15, 0.2) is 34.7 Å². The lowest BCUT2D eigenvalue weighted by Gasteiger charge is -2.26. The summed E-state index contributed by atoms with van der Waals surface area (Å²) in [6, 6.07) is 7.26. The van der Waals surface area contributed by atoms with Crippen molar-refractivity contribution in [2.24, 2.45) is 0 Å². The van der Waals surface area contributed by atoms with Crippen LogP contribution in [0.4, 0.5) is 5.69 Å². The monoisotopic (exact) mass is 379 g/mol. The van der Waals surface area contributed by atoms with E-state index in [1.54, 1.807) is 12.1 Å². The van der Waals surface area contributed by atoms with Gasteiger partial charge >= 0.3 is 0 Å². The summed E-state index contributed by atoms with van der Waals surface area (Å²) in [6.07, 6.45) is 0. The van der Waals surface area contributed by atoms with Gasteiger partial charge in [0.25, 0.3) is 11.6 Å². The fourth-order valence-electron chi connectivity index (χ4n) is 2.66. The fourth-order valence-corrected chi connectivity index (χ4v) is 2.93. The molecule has 0 radical (unpaired) electrons. The van der Waals surface area contributed by atoms with Crippen molar-refractivity contribution in [3.8, 4) is 11.3 Å². The maximum absolute atomic E-state index is 12.2. The number of furan rings is 1. The first-order valence-corrected chi connectivity index (χ1v) is 8.55. The van der Waals surface area contributed by atoms with E-state index in [0.717, 1.165) is 19.6 Å². The second-order valence-corrected chi connectivity index (χ2v) is 6.20. The molecule has 1 N–H and O–H groups in total. The highest BCUT2D eigenvalue weighted by Gasteiger charge is 2.17. The number of nitrogens with zero attached hydrogens (tertiary/aromatic N) is 2. The Kier molecular flexibility index (Phi) is 5.87. The Morgan fingerprint density at radius 1 is 1.27 bits per heavy atom. The number of morpholine rings is 1. The molecule has 3 rings (SSSR count). The minimum absolute atomic E-state index is 0.105. The minimum Gasteiger partial charge on any atom is -0.451 e. The smallest absolute Gasteiger partial charge is 0.287 e. The molecule has 26 heavy (non-hydrogen) atoms. The maximum Gasteiger partial charge on any atom is 0.287 e. The normalized spacial score (nSPS) is 15.0. The maximum atomic E-state index is 12.2. The van der Waals surface area contributed by atoms with Crippen molar-refractivity contribution in [3.63, 3.8) is 0 Å². The van der Waals surface area contributed by atoms with Gasteiger partial charge in [-0.15, -0.1) is 0 Å². The van der Waals surface area contributed by atoms with Gasteiger partial charge in [0, 0.05) is 43.9 Å². The molecule has 1 aliphatic rings. The van der Waals surface area contributed by atoms with Gasteiger partial charge in [-0.3, -0.25) is 19.8 Å². The molecule has 1 amide bonds. The van der Waals surface area contributed by atoms with E-state index in [9.17, 15) is 14.9 Å². The Bertz CT molecular complexity index is 801. The summed E-state index contributed by atoms with van der Waals surface area (Å²) < 4.78 is 10.8. The number of hydrogen-bond donors (Lipinski definition) is 1. The van der Waals surface area contributed by atoms with Gasteiger partial charge in [0.2, 0.25) is 0 Å². The number of ether oxygens (including phenoxy) is 1. The quantitative estimate of drug-likeness (QED) is 0.612. The lowest BCUT2D eigenvalue weighted by atomic mass is 10.1. The van der Waals surface area contributed by atoms with Crippen LogP contribution in [0.5, 0.6) is 0 Å². The zero-order valence-electron chi connectivity index (χ0n) is 13.9. The highest BCUT2D eigenvalue weighted by atomic mass is 35.5. The summed E-state index contributed by atoms with van der Waals surface area (Å²) in [5, 5.41) is 13.8. The number of benzene rings is 1. The summed E-state index contributed by atoms with van der Waals surface area (Å²) in [5.41, 5.74) is 0.385. The summed E-state index contributed by atoms with van der Waals surface area (Å²) >= 11 is 6.09. The van der Waals surface area contributed by atoms with Gasteiger partial charge in [-0.05, 0) is 18.2 Å². The fraction of sp³-hybridized carbons (Fsp3) is 0.353. The molecule has 2 aromatic rings. The van der Waals surface area contributed by atoms with Gasteiger partial charge in [0.05, 0.1) is 23.2 Å². The Labute approximate surface area is 154 Å². The molecule has 1 saturated heterocycles. The predicted octanol–water partition coefficient (Wildman–Crippen LogP) is 2.57. The SMILES string of the molecule is O=C(NCCN1CCOCC1)c1ccc(-c2ccc([N+](=O)[O-])cc2Cl)o1. The van der Waals surface area contributed by atoms with Gasteiger partial charge < -0.3 is 14.5 Å². The van der Waals surface area contributed by atoms with Crippen LogP contribution in [0.25, 0.3) is 11.3 Å². The number of nitro groups is 1. The highest BCUT2D eigenvalue weighted by molar-refractivity contribution is 6.33. The lowest BCUT2D eigenvalue weighted by molar-refractivity contribution is -0.384. The minimum atomic E-state index is -0.523. The van der Waals surface area contributed by atoms with E-state index in [4.69, 9.17) is 20.8 Å². The summed E-state index contributed by atoms with van der Waals surface area (Å²) in [4.78, 5) is 24.7. The van der Waals surface area contributed by atoms with E-state index in [2.05, 4.69) is 10.2 Å². The zero-order chi connectivity index (χ0) is 18.5. The molecule has 1 aromatic carbocycles. The first-order valence-electron chi connectivity index (χ1n) is 8.17. The Morgan fingerprint density at radius 3 is 2.73 bits per heavy atom. The number of amides is 1. The number of carbonyl (C=O) groups excluding carboxylic acids is 1. The number of non-ortho nitro benzene ring substituents is 1. The Balaban J connectivity index is 1.60. The van der Waals surface area contributed by atoms with Gasteiger partial charge in [-0.2, -0.15) is 0 Å². The first-order chi connectivity index (χ1) is 12.5. The highest BCUT2D eigenvalue weighted by Crippen LogP contribution is 2.32. The third-order valence-corrected chi connectivity index (χ3v) is 4.39. The van der Waals surface area contributed by atoms with E-state index < -0.39 is 4.92 Å². The van der Waals surface area contributed by atoms with Crippen LogP contribution in [0.3, 0.4) is 0 Å². The molecule has 0 spiro atoms. The molecule has 8 nitrogen and oxygen atoms in total. The number of halogens is 1. The number of hydrogen-bond acceptors (Lipinski definition) is 6. The van der Waals surface area contributed by atoms with Crippen molar-refractivity contribution in [1.82, 2.24) is 10.2 Å².